The van der Waals surface area contributed by atoms with Crippen LogP contribution in [0.3, 0.4) is 0 Å². The van der Waals surface area contributed by atoms with Gasteiger partial charge in [0.15, 0.2) is 5.76 Å². The van der Waals surface area contributed by atoms with Crippen LogP contribution in [0.2, 0.25) is 10.0 Å². The first-order valence-corrected chi connectivity index (χ1v) is 12.7. The first-order valence-electron chi connectivity index (χ1n) is 10.1. The van der Waals surface area contributed by atoms with E-state index in [1.807, 2.05) is 0 Å². The summed E-state index contributed by atoms with van der Waals surface area (Å²) in [6.45, 7) is 3.05. The van der Waals surface area contributed by atoms with E-state index in [-0.39, 0.29) is 18.7 Å². The molecule has 176 valence electrons. The summed E-state index contributed by atoms with van der Waals surface area (Å²) in [5, 5.41) is 11.1. The van der Waals surface area contributed by atoms with Crippen molar-refractivity contribution in [2.24, 2.45) is 0 Å². The Morgan fingerprint density at radius 3 is 2.38 bits per heavy atom. The first-order chi connectivity index (χ1) is 15.0. The number of likely N-dealkylation sites (N-methyl/N-ethyl adjacent to an activating group) is 1. The fourth-order valence-electron chi connectivity index (χ4n) is 3.73. The van der Waals surface area contributed by atoms with Gasteiger partial charge < -0.3 is 14.9 Å². The predicted molar refractivity (Wildman–Crippen MR) is 122 cm³/mol. The van der Waals surface area contributed by atoms with Gasteiger partial charge >= 0.3 is 0 Å². The van der Waals surface area contributed by atoms with E-state index < -0.39 is 27.6 Å². The number of aliphatic hydroxyl groups is 1. The van der Waals surface area contributed by atoms with E-state index >= 15 is 0 Å². The highest BCUT2D eigenvalue weighted by molar-refractivity contribution is 7.88. The molecule has 0 bridgehead atoms. The van der Waals surface area contributed by atoms with Crippen molar-refractivity contribution in [2.75, 3.05) is 59.1 Å². The Labute approximate surface area is 197 Å². The molecule has 0 spiro atoms. The fraction of sp³-hybridized carbons (Fsp3) is 0.500. The van der Waals surface area contributed by atoms with Crippen molar-refractivity contribution in [2.45, 2.75) is 6.54 Å². The first kappa shape index (κ1) is 24.8. The summed E-state index contributed by atoms with van der Waals surface area (Å²) < 4.78 is 24.7. The Kier molecular flexibility index (Phi) is 7.72. The number of halogens is 2. The third-order valence-corrected chi connectivity index (χ3v) is 7.66. The molecule has 0 unspecified atom stereocenters. The predicted octanol–water partition coefficient (Wildman–Crippen LogP) is 1.18. The van der Waals surface area contributed by atoms with Crippen LogP contribution in [0.15, 0.2) is 29.5 Å². The van der Waals surface area contributed by atoms with E-state index in [9.17, 15) is 23.1 Å². The van der Waals surface area contributed by atoms with Gasteiger partial charge in [0.1, 0.15) is 0 Å². The molecule has 1 fully saturated rings. The van der Waals surface area contributed by atoms with Crippen LogP contribution in [0, 0.1) is 0 Å². The van der Waals surface area contributed by atoms with E-state index in [0.717, 1.165) is 5.56 Å². The number of carbonyl (C=O) groups is 2. The van der Waals surface area contributed by atoms with Gasteiger partial charge in [0.2, 0.25) is 10.0 Å². The number of nitrogens with zero attached hydrogens (tertiary/aromatic N) is 4. The van der Waals surface area contributed by atoms with Crippen LogP contribution in [0.5, 0.6) is 0 Å². The van der Waals surface area contributed by atoms with Gasteiger partial charge in [-0.3, -0.25) is 14.5 Å². The number of rotatable bonds is 7. The molecule has 2 aliphatic rings. The number of hydrogen-bond donors (Lipinski definition) is 1. The van der Waals surface area contributed by atoms with Gasteiger partial charge in [0, 0.05) is 52.9 Å². The van der Waals surface area contributed by atoms with Gasteiger partial charge in [-0.15, -0.1) is 0 Å². The molecule has 0 radical (unpaired) electrons. The summed E-state index contributed by atoms with van der Waals surface area (Å²) in [5.41, 5.74) is 0.823. The zero-order chi connectivity index (χ0) is 23.6. The monoisotopic (exact) mass is 504 g/mol. The molecule has 1 aromatic rings. The summed E-state index contributed by atoms with van der Waals surface area (Å²) >= 11 is 11.9. The lowest BCUT2D eigenvalue weighted by Crippen LogP contribution is -2.50. The van der Waals surface area contributed by atoms with Gasteiger partial charge in [-0.05, 0) is 17.7 Å². The molecule has 32 heavy (non-hydrogen) atoms. The number of carbonyl (C=O) groups excluding carboxylic acids is 2. The average molecular weight is 505 g/mol. The molecule has 1 N–H and O–H groups in total. The molecule has 3 rings (SSSR count). The van der Waals surface area contributed by atoms with E-state index in [4.69, 9.17) is 23.2 Å². The van der Waals surface area contributed by atoms with Gasteiger partial charge in [-0.1, -0.05) is 29.3 Å². The molecule has 2 heterocycles. The van der Waals surface area contributed by atoms with E-state index in [0.29, 0.717) is 49.3 Å². The molecule has 0 aliphatic carbocycles. The molecular weight excluding hydrogens is 479 g/mol. The van der Waals surface area contributed by atoms with Crippen LogP contribution in [0.25, 0.3) is 0 Å². The summed E-state index contributed by atoms with van der Waals surface area (Å²) in [6.07, 6.45) is 1.19. The Morgan fingerprint density at radius 1 is 1.12 bits per heavy atom. The summed E-state index contributed by atoms with van der Waals surface area (Å²) in [6, 6.07) is 5.06. The molecule has 1 aromatic carbocycles. The van der Waals surface area contributed by atoms with Crippen LogP contribution in [-0.2, 0) is 26.2 Å². The van der Waals surface area contributed by atoms with Crippen molar-refractivity contribution < 1.29 is 23.1 Å². The number of piperazine rings is 1. The number of amides is 2. The van der Waals surface area contributed by atoms with Crippen LogP contribution >= 0.6 is 23.2 Å². The maximum absolute atomic E-state index is 12.8. The molecule has 12 heteroatoms. The second-order valence-corrected chi connectivity index (χ2v) is 10.8. The normalized spacial score (nSPS) is 18.5. The second kappa shape index (κ2) is 9.96. The lowest BCUT2D eigenvalue weighted by molar-refractivity contribution is -0.128. The van der Waals surface area contributed by atoms with Crippen LogP contribution in [0.1, 0.15) is 5.56 Å². The average Bonchev–Trinajstić information content (AvgIpc) is 3.02. The third kappa shape index (κ3) is 5.74. The Balaban J connectivity index is 1.54. The van der Waals surface area contributed by atoms with Crippen molar-refractivity contribution in [3.8, 4) is 0 Å². The molecule has 2 amide bonds. The molecule has 2 aliphatic heterocycles. The maximum Gasteiger partial charge on any atom is 0.289 e. The van der Waals surface area contributed by atoms with E-state index in [1.54, 1.807) is 25.2 Å². The highest BCUT2D eigenvalue weighted by atomic mass is 35.5. The smallest absolute Gasteiger partial charge is 0.289 e. The van der Waals surface area contributed by atoms with Crippen molar-refractivity contribution in [3.63, 3.8) is 0 Å². The topological polar surface area (TPSA) is 101 Å². The van der Waals surface area contributed by atoms with Gasteiger partial charge in [-0.2, -0.15) is 4.31 Å². The zero-order valence-corrected chi connectivity index (χ0v) is 20.3. The largest absolute Gasteiger partial charge is 0.503 e. The van der Waals surface area contributed by atoms with Crippen molar-refractivity contribution >= 4 is 45.0 Å². The number of sulfonamides is 1. The molecule has 9 nitrogen and oxygen atoms in total. The molecular formula is C20H26Cl2N4O5S. The number of hydrogen-bond acceptors (Lipinski definition) is 6. The van der Waals surface area contributed by atoms with Gasteiger partial charge in [-0.25, -0.2) is 8.42 Å². The van der Waals surface area contributed by atoms with Crippen molar-refractivity contribution in [1.82, 2.24) is 19.0 Å². The Hall–Kier alpha value is -1.85. The number of aliphatic hydroxyl groups excluding tert-OH is 1. The van der Waals surface area contributed by atoms with E-state index in [2.05, 4.69) is 4.90 Å². The van der Waals surface area contributed by atoms with E-state index in [1.165, 1.54) is 20.4 Å². The molecule has 0 atom stereocenters. The van der Waals surface area contributed by atoms with Crippen LogP contribution < -0.4 is 0 Å². The minimum Gasteiger partial charge on any atom is -0.503 e. The third-order valence-electron chi connectivity index (χ3n) is 5.62. The van der Waals surface area contributed by atoms with Crippen LogP contribution in [-0.4, -0.2) is 103 Å². The highest BCUT2D eigenvalue weighted by Gasteiger charge is 2.35. The molecule has 0 saturated carbocycles. The zero-order valence-electron chi connectivity index (χ0n) is 17.9. The molecule has 1 saturated heterocycles. The standard InChI is InChI=1S/C20H26Cl2N4O5S/c1-23(12-14-3-4-16(21)17(22)11-14)19(28)15-13-25(20(29)18(15)27)8-5-24-6-9-26(10-7-24)32(2,30)31/h3-4,11,27H,5-10,12-13H2,1-2H3. The lowest BCUT2D eigenvalue weighted by atomic mass is 10.2. The lowest BCUT2D eigenvalue weighted by Gasteiger charge is -2.34. The maximum atomic E-state index is 12.8. The van der Waals surface area contributed by atoms with Crippen LogP contribution in [0.4, 0.5) is 0 Å². The highest BCUT2D eigenvalue weighted by Crippen LogP contribution is 2.24. The van der Waals surface area contributed by atoms with Crippen molar-refractivity contribution in [3.05, 3.63) is 45.1 Å². The quantitative estimate of drug-likeness (QED) is 0.598. The minimum atomic E-state index is -3.20. The minimum absolute atomic E-state index is 0.0263. The van der Waals surface area contributed by atoms with Crippen molar-refractivity contribution in [1.29, 1.82) is 0 Å². The Bertz CT molecular complexity index is 1040. The fourth-order valence-corrected chi connectivity index (χ4v) is 4.87. The summed E-state index contributed by atoms with van der Waals surface area (Å²) in [4.78, 5) is 30.2. The number of benzene rings is 1. The van der Waals surface area contributed by atoms with Gasteiger partial charge in [0.25, 0.3) is 11.8 Å². The SMILES string of the molecule is CN(Cc1ccc(Cl)c(Cl)c1)C(=O)C1=C(O)C(=O)N(CCN2CCN(S(C)(=O)=O)CC2)C1. The van der Waals surface area contributed by atoms with Gasteiger partial charge in [0.05, 0.1) is 28.4 Å². The Morgan fingerprint density at radius 2 is 1.78 bits per heavy atom. The molecule has 0 aromatic heterocycles. The summed E-state index contributed by atoms with van der Waals surface area (Å²) in [5.74, 6) is -1.55. The summed E-state index contributed by atoms with van der Waals surface area (Å²) in [7, 11) is -1.62. The second-order valence-electron chi connectivity index (χ2n) is 7.97.